The molecule has 0 spiro atoms. The Balaban J connectivity index is 1.91. The summed E-state index contributed by atoms with van der Waals surface area (Å²) in [6.45, 7) is 7.29. The van der Waals surface area contributed by atoms with Gasteiger partial charge < -0.3 is 10.6 Å². The van der Waals surface area contributed by atoms with Crippen LogP contribution in [0.15, 0.2) is 24.3 Å². The molecule has 0 bridgehead atoms. The Morgan fingerprint density at radius 3 is 2.47 bits per heavy atom. The van der Waals surface area contributed by atoms with Gasteiger partial charge in [0.15, 0.2) is 0 Å². The first-order chi connectivity index (χ1) is 9.06. The van der Waals surface area contributed by atoms with E-state index in [1.165, 1.54) is 5.56 Å². The summed E-state index contributed by atoms with van der Waals surface area (Å²) in [5, 5.41) is 6.38. The molecule has 2 rings (SSSR count). The van der Waals surface area contributed by atoms with Gasteiger partial charge in [-0.05, 0) is 43.4 Å². The van der Waals surface area contributed by atoms with E-state index in [9.17, 15) is 4.79 Å². The molecule has 1 heterocycles. The van der Waals surface area contributed by atoms with Crippen LogP contribution in [-0.4, -0.2) is 18.5 Å². The number of rotatable bonds is 3. The third-order valence-corrected chi connectivity index (χ3v) is 3.88. The fourth-order valence-corrected chi connectivity index (χ4v) is 2.42. The molecule has 19 heavy (non-hydrogen) atoms. The Labute approximate surface area is 115 Å². The number of nitrogens with one attached hydrogen (secondary N) is 2. The number of amides is 1. The lowest BCUT2D eigenvalue weighted by molar-refractivity contribution is -0.120. The van der Waals surface area contributed by atoms with Crippen molar-refractivity contribution in [3.05, 3.63) is 29.8 Å². The monoisotopic (exact) mass is 260 g/mol. The number of hydrogen-bond donors (Lipinski definition) is 2. The molecule has 1 saturated heterocycles. The first-order valence-electron chi connectivity index (χ1n) is 7.20. The fraction of sp³-hybridized carbons (Fsp3) is 0.562. The summed E-state index contributed by atoms with van der Waals surface area (Å²) < 4.78 is 0. The van der Waals surface area contributed by atoms with E-state index in [2.05, 4.69) is 43.5 Å². The highest BCUT2D eigenvalue weighted by atomic mass is 16.1. The zero-order valence-electron chi connectivity index (χ0n) is 12.1. The molecule has 0 aromatic heterocycles. The van der Waals surface area contributed by atoms with Crippen LogP contribution in [0.2, 0.25) is 0 Å². The van der Waals surface area contributed by atoms with E-state index in [0.29, 0.717) is 12.0 Å². The van der Waals surface area contributed by atoms with Crippen LogP contribution in [-0.2, 0) is 4.79 Å². The molecule has 1 aromatic carbocycles. The first-order valence-corrected chi connectivity index (χ1v) is 7.20. The quantitative estimate of drug-likeness (QED) is 0.876. The average Bonchev–Trinajstić information content (AvgIpc) is 2.40. The molecular weight excluding hydrogens is 236 g/mol. The smallest absolute Gasteiger partial charge is 0.228 e. The van der Waals surface area contributed by atoms with Crippen molar-refractivity contribution in [2.45, 2.75) is 45.6 Å². The van der Waals surface area contributed by atoms with Crippen LogP contribution < -0.4 is 10.6 Å². The van der Waals surface area contributed by atoms with Gasteiger partial charge in [-0.1, -0.05) is 26.0 Å². The molecule has 3 heteroatoms. The van der Waals surface area contributed by atoms with Gasteiger partial charge in [-0.2, -0.15) is 0 Å². The maximum absolute atomic E-state index is 12.1. The summed E-state index contributed by atoms with van der Waals surface area (Å²) in [6, 6.07) is 8.69. The standard InChI is InChI=1S/C16H24N2O/c1-11(2)13-6-8-15(9-7-13)18-16(19)14-5-4-12(3)17-10-14/h6-9,11-12,14,17H,4-5,10H2,1-3H3,(H,18,19). The van der Waals surface area contributed by atoms with Gasteiger partial charge in [0.1, 0.15) is 0 Å². The van der Waals surface area contributed by atoms with Crippen molar-refractivity contribution in [3.8, 4) is 0 Å². The molecule has 0 aliphatic carbocycles. The predicted octanol–water partition coefficient (Wildman–Crippen LogP) is 3.14. The predicted molar refractivity (Wildman–Crippen MR) is 79.3 cm³/mol. The Morgan fingerprint density at radius 2 is 1.95 bits per heavy atom. The molecular formula is C16H24N2O. The molecule has 3 nitrogen and oxygen atoms in total. The number of anilines is 1. The van der Waals surface area contributed by atoms with Crippen LogP contribution in [0, 0.1) is 5.92 Å². The second kappa shape index (κ2) is 6.20. The molecule has 1 aromatic rings. The summed E-state index contributed by atoms with van der Waals surface area (Å²) in [5.74, 6) is 0.756. The maximum atomic E-state index is 12.1. The zero-order valence-corrected chi connectivity index (χ0v) is 12.1. The molecule has 2 N–H and O–H groups in total. The normalized spacial score (nSPS) is 23.4. The van der Waals surface area contributed by atoms with E-state index in [1.54, 1.807) is 0 Å². The van der Waals surface area contributed by atoms with Gasteiger partial charge in [0, 0.05) is 18.3 Å². The number of carbonyl (C=O) groups excluding carboxylic acids is 1. The minimum absolute atomic E-state index is 0.0981. The van der Waals surface area contributed by atoms with Crippen molar-refractivity contribution >= 4 is 11.6 Å². The van der Waals surface area contributed by atoms with Gasteiger partial charge >= 0.3 is 0 Å². The number of hydrogen-bond acceptors (Lipinski definition) is 2. The third kappa shape index (κ3) is 3.80. The van der Waals surface area contributed by atoms with E-state index in [0.717, 1.165) is 25.1 Å². The van der Waals surface area contributed by atoms with Crippen LogP contribution in [0.1, 0.15) is 45.1 Å². The van der Waals surface area contributed by atoms with Crippen LogP contribution >= 0.6 is 0 Å². The van der Waals surface area contributed by atoms with E-state index in [-0.39, 0.29) is 11.8 Å². The van der Waals surface area contributed by atoms with E-state index >= 15 is 0 Å². The van der Waals surface area contributed by atoms with Gasteiger partial charge in [0.25, 0.3) is 0 Å². The Morgan fingerprint density at radius 1 is 1.26 bits per heavy atom. The van der Waals surface area contributed by atoms with E-state index < -0.39 is 0 Å². The maximum Gasteiger partial charge on any atom is 0.228 e. The van der Waals surface area contributed by atoms with Gasteiger partial charge in [-0.25, -0.2) is 0 Å². The summed E-state index contributed by atoms with van der Waals surface area (Å²) in [6.07, 6.45) is 2.05. The molecule has 1 fully saturated rings. The zero-order chi connectivity index (χ0) is 13.8. The highest BCUT2D eigenvalue weighted by Gasteiger charge is 2.23. The lowest BCUT2D eigenvalue weighted by Gasteiger charge is -2.26. The molecule has 1 aliphatic rings. The molecule has 104 valence electrons. The first kappa shape index (κ1) is 14.1. The SMILES string of the molecule is CC1CCC(C(=O)Nc2ccc(C(C)C)cc2)CN1. The Bertz CT molecular complexity index is 417. The van der Waals surface area contributed by atoms with Crippen LogP contribution in [0.5, 0.6) is 0 Å². The van der Waals surface area contributed by atoms with Gasteiger partial charge in [-0.15, -0.1) is 0 Å². The Hall–Kier alpha value is -1.35. The van der Waals surface area contributed by atoms with E-state index in [1.807, 2.05) is 12.1 Å². The summed E-state index contributed by atoms with van der Waals surface area (Å²) in [7, 11) is 0. The average molecular weight is 260 g/mol. The van der Waals surface area contributed by atoms with Crippen molar-refractivity contribution in [3.63, 3.8) is 0 Å². The van der Waals surface area contributed by atoms with Crippen LogP contribution in [0.25, 0.3) is 0 Å². The molecule has 1 amide bonds. The van der Waals surface area contributed by atoms with Gasteiger partial charge in [0.2, 0.25) is 5.91 Å². The second-order valence-electron chi connectivity index (χ2n) is 5.85. The van der Waals surface area contributed by atoms with Crippen molar-refractivity contribution in [1.29, 1.82) is 0 Å². The van der Waals surface area contributed by atoms with Crippen molar-refractivity contribution < 1.29 is 4.79 Å². The minimum Gasteiger partial charge on any atom is -0.326 e. The molecule has 1 aliphatic heterocycles. The van der Waals surface area contributed by atoms with Crippen LogP contribution in [0.3, 0.4) is 0 Å². The van der Waals surface area contributed by atoms with Gasteiger partial charge in [-0.3, -0.25) is 4.79 Å². The van der Waals surface area contributed by atoms with Gasteiger partial charge in [0.05, 0.1) is 5.92 Å². The largest absolute Gasteiger partial charge is 0.326 e. The number of carbonyl (C=O) groups is 1. The molecule has 2 atom stereocenters. The fourth-order valence-electron chi connectivity index (χ4n) is 2.42. The van der Waals surface area contributed by atoms with Crippen LogP contribution in [0.4, 0.5) is 5.69 Å². The lowest BCUT2D eigenvalue weighted by Crippen LogP contribution is -2.41. The lowest BCUT2D eigenvalue weighted by atomic mass is 9.94. The van der Waals surface area contributed by atoms with Crippen molar-refractivity contribution in [2.24, 2.45) is 5.92 Å². The van der Waals surface area contributed by atoms with Crippen molar-refractivity contribution in [2.75, 3.05) is 11.9 Å². The van der Waals surface area contributed by atoms with Crippen molar-refractivity contribution in [1.82, 2.24) is 5.32 Å². The third-order valence-electron chi connectivity index (χ3n) is 3.88. The molecule has 0 radical (unpaired) electrons. The summed E-state index contributed by atoms with van der Waals surface area (Å²) in [5.41, 5.74) is 2.19. The molecule has 0 saturated carbocycles. The summed E-state index contributed by atoms with van der Waals surface area (Å²) in [4.78, 5) is 12.1. The molecule has 2 unspecified atom stereocenters. The Kier molecular flexibility index (Phi) is 4.59. The minimum atomic E-state index is 0.0981. The topological polar surface area (TPSA) is 41.1 Å². The second-order valence-corrected chi connectivity index (χ2v) is 5.85. The summed E-state index contributed by atoms with van der Waals surface area (Å²) >= 11 is 0. The highest BCUT2D eigenvalue weighted by molar-refractivity contribution is 5.92. The number of benzene rings is 1. The van der Waals surface area contributed by atoms with E-state index in [4.69, 9.17) is 0 Å². The number of piperidine rings is 1. The highest BCUT2D eigenvalue weighted by Crippen LogP contribution is 2.19.